The number of halogens is 1. The van der Waals surface area contributed by atoms with Gasteiger partial charge in [-0.3, -0.25) is 0 Å². The SMILES string of the molecule is COc1ccc(C=NN)cc1COc1ccc(Cl)c(C)c1. The lowest BCUT2D eigenvalue weighted by Crippen LogP contribution is -2.00. The number of ether oxygens (including phenoxy) is 2. The van der Waals surface area contributed by atoms with Gasteiger partial charge in [0.1, 0.15) is 18.1 Å². The summed E-state index contributed by atoms with van der Waals surface area (Å²) in [6.45, 7) is 2.32. The van der Waals surface area contributed by atoms with Crippen molar-refractivity contribution in [2.75, 3.05) is 7.11 Å². The molecule has 0 fully saturated rings. The van der Waals surface area contributed by atoms with Gasteiger partial charge in [0.15, 0.2) is 0 Å². The molecule has 0 amide bonds. The van der Waals surface area contributed by atoms with E-state index in [-0.39, 0.29) is 0 Å². The van der Waals surface area contributed by atoms with Crippen molar-refractivity contribution in [3.05, 3.63) is 58.1 Å². The number of hydrogen-bond donors (Lipinski definition) is 1. The highest BCUT2D eigenvalue weighted by Crippen LogP contribution is 2.24. The molecule has 2 aromatic carbocycles. The van der Waals surface area contributed by atoms with E-state index in [9.17, 15) is 0 Å². The van der Waals surface area contributed by atoms with Gasteiger partial charge in [-0.05, 0) is 54.4 Å². The standard InChI is InChI=1S/C16H17ClN2O2/c1-11-7-14(4-5-15(11)17)21-10-13-8-12(9-19-18)3-6-16(13)20-2/h3-9H,10,18H2,1-2H3. The summed E-state index contributed by atoms with van der Waals surface area (Å²) < 4.78 is 11.1. The van der Waals surface area contributed by atoms with E-state index in [1.54, 1.807) is 13.3 Å². The Hall–Kier alpha value is -2.20. The molecule has 0 atom stereocenters. The topological polar surface area (TPSA) is 56.8 Å². The molecule has 0 unspecified atom stereocenters. The second-order valence-electron chi connectivity index (χ2n) is 4.55. The van der Waals surface area contributed by atoms with Crippen LogP contribution in [-0.2, 0) is 6.61 Å². The van der Waals surface area contributed by atoms with Gasteiger partial charge >= 0.3 is 0 Å². The molecule has 0 saturated carbocycles. The summed E-state index contributed by atoms with van der Waals surface area (Å²) in [6, 6.07) is 11.2. The first-order chi connectivity index (χ1) is 10.1. The second kappa shape index (κ2) is 6.99. The molecule has 0 heterocycles. The zero-order valence-electron chi connectivity index (χ0n) is 12.0. The van der Waals surface area contributed by atoms with E-state index < -0.39 is 0 Å². The van der Waals surface area contributed by atoms with Crippen LogP contribution in [0.15, 0.2) is 41.5 Å². The van der Waals surface area contributed by atoms with Crippen LogP contribution in [0.25, 0.3) is 0 Å². The zero-order valence-corrected chi connectivity index (χ0v) is 12.7. The van der Waals surface area contributed by atoms with Gasteiger partial charge in [-0.25, -0.2) is 0 Å². The highest BCUT2D eigenvalue weighted by Gasteiger charge is 2.06. The van der Waals surface area contributed by atoms with Gasteiger partial charge in [-0.15, -0.1) is 0 Å². The van der Waals surface area contributed by atoms with Crippen LogP contribution in [0.1, 0.15) is 16.7 Å². The molecule has 0 bridgehead atoms. The third-order valence-corrected chi connectivity index (χ3v) is 3.48. The normalized spacial score (nSPS) is 10.8. The second-order valence-corrected chi connectivity index (χ2v) is 4.96. The molecular formula is C16H17ClN2O2. The first-order valence-corrected chi connectivity index (χ1v) is 6.81. The van der Waals surface area contributed by atoms with Gasteiger partial charge in [0.2, 0.25) is 0 Å². The van der Waals surface area contributed by atoms with E-state index in [1.165, 1.54) is 0 Å². The smallest absolute Gasteiger partial charge is 0.125 e. The molecule has 21 heavy (non-hydrogen) atoms. The fourth-order valence-corrected chi connectivity index (χ4v) is 2.06. The summed E-state index contributed by atoms with van der Waals surface area (Å²) in [6.07, 6.45) is 1.58. The fourth-order valence-electron chi connectivity index (χ4n) is 1.95. The van der Waals surface area contributed by atoms with Crippen molar-refractivity contribution in [2.24, 2.45) is 10.9 Å². The lowest BCUT2D eigenvalue weighted by Gasteiger charge is -2.12. The third kappa shape index (κ3) is 3.89. The summed E-state index contributed by atoms with van der Waals surface area (Å²) in [5.74, 6) is 6.69. The van der Waals surface area contributed by atoms with Gasteiger partial charge in [0.05, 0.1) is 13.3 Å². The number of aryl methyl sites for hydroxylation is 1. The van der Waals surface area contributed by atoms with Crippen LogP contribution in [0.2, 0.25) is 5.02 Å². The number of nitrogens with zero attached hydrogens (tertiary/aromatic N) is 1. The summed E-state index contributed by atoms with van der Waals surface area (Å²) in [5.41, 5.74) is 2.79. The van der Waals surface area contributed by atoms with Gasteiger partial charge in [0.25, 0.3) is 0 Å². The van der Waals surface area contributed by atoms with Crippen molar-refractivity contribution in [1.82, 2.24) is 0 Å². The van der Waals surface area contributed by atoms with Crippen LogP contribution >= 0.6 is 11.6 Å². The highest BCUT2D eigenvalue weighted by molar-refractivity contribution is 6.31. The molecule has 2 rings (SSSR count). The van der Waals surface area contributed by atoms with E-state index in [2.05, 4.69) is 5.10 Å². The van der Waals surface area contributed by atoms with Crippen LogP contribution in [0.3, 0.4) is 0 Å². The predicted molar refractivity (Wildman–Crippen MR) is 85.3 cm³/mol. The van der Waals surface area contributed by atoms with Crippen molar-refractivity contribution in [3.63, 3.8) is 0 Å². The van der Waals surface area contributed by atoms with E-state index in [1.807, 2.05) is 43.3 Å². The Morgan fingerprint density at radius 1 is 1.24 bits per heavy atom. The molecule has 0 radical (unpaired) electrons. The van der Waals surface area contributed by atoms with Crippen LogP contribution < -0.4 is 15.3 Å². The Bertz CT molecular complexity index is 657. The number of hydrogen-bond acceptors (Lipinski definition) is 4. The number of methoxy groups -OCH3 is 1. The first-order valence-electron chi connectivity index (χ1n) is 6.43. The molecule has 5 heteroatoms. The van der Waals surface area contributed by atoms with E-state index in [4.69, 9.17) is 26.9 Å². The van der Waals surface area contributed by atoms with Crippen molar-refractivity contribution < 1.29 is 9.47 Å². The lowest BCUT2D eigenvalue weighted by atomic mass is 10.1. The molecule has 4 nitrogen and oxygen atoms in total. The number of hydrazone groups is 1. The zero-order chi connectivity index (χ0) is 15.2. The minimum absolute atomic E-state index is 0.385. The van der Waals surface area contributed by atoms with Crippen LogP contribution in [0.5, 0.6) is 11.5 Å². The summed E-state index contributed by atoms with van der Waals surface area (Å²) in [5, 5.41) is 4.24. The average molecular weight is 305 g/mol. The molecule has 2 N–H and O–H groups in total. The van der Waals surface area contributed by atoms with Crippen molar-refractivity contribution in [2.45, 2.75) is 13.5 Å². The van der Waals surface area contributed by atoms with Gasteiger partial charge in [-0.2, -0.15) is 5.10 Å². The predicted octanol–water partition coefficient (Wildman–Crippen LogP) is 3.53. The molecule has 0 saturated heterocycles. The average Bonchev–Trinajstić information content (AvgIpc) is 2.49. The summed E-state index contributed by atoms with van der Waals surface area (Å²) >= 11 is 6.00. The highest BCUT2D eigenvalue weighted by atomic mass is 35.5. The molecule has 110 valence electrons. The molecular weight excluding hydrogens is 288 g/mol. The maximum atomic E-state index is 6.00. The van der Waals surface area contributed by atoms with Crippen LogP contribution in [0.4, 0.5) is 0 Å². The number of nitrogens with two attached hydrogens (primary N) is 1. The Morgan fingerprint density at radius 3 is 2.71 bits per heavy atom. The molecule has 0 aliphatic heterocycles. The van der Waals surface area contributed by atoms with E-state index in [0.717, 1.165) is 33.2 Å². The van der Waals surface area contributed by atoms with Crippen molar-refractivity contribution in [3.8, 4) is 11.5 Å². The van der Waals surface area contributed by atoms with Gasteiger partial charge < -0.3 is 15.3 Å². The Morgan fingerprint density at radius 2 is 2.05 bits per heavy atom. The van der Waals surface area contributed by atoms with Crippen LogP contribution in [0, 0.1) is 6.92 Å². The number of rotatable bonds is 5. The van der Waals surface area contributed by atoms with E-state index >= 15 is 0 Å². The fraction of sp³-hybridized carbons (Fsp3) is 0.188. The minimum Gasteiger partial charge on any atom is -0.496 e. The Labute approximate surface area is 129 Å². The molecule has 0 aliphatic rings. The lowest BCUT2D eigenvalue weighted by molar-refractivity contribution is 0.296. The molecule has 2 aromatic rings. The third-order valence-electron chi connectivity index (χ3n) is 3.05. The Balaban J connectivity index is 2.17. The summed E-state index contributed by atoms with van der Waals surface area (Å²) in [4.78, 5) is 0. The van der Waals surface area contributed by atoms with Crippen molar-refractivity contribution >= 4 is 17.8 Å². The quantitative estimate of drug-likeness (QED) is 0.522. The maximum absolute atomic E-state index is 6.00. The van der Waals surface area contributed by atoms with Gasteiger partial charge in [0, 0.05) is 10.6 Å². The number of benzene rings is 2. The van der Waals surface area contributed by atoms with Crippen molar-refractivity contribution in [1.29, 1.82) is 0 Å². The first kappa shape index (κ1) is 15.2. The minimum atomic E-state index is 0.385. The molecule has 0 aromatic heterocycles. The Kier molecular flexibility index (Phi) is 5.06. The molecule has 0 aliphatic carbocycles. The maximum Gasteiger partial charge on any atom is 0.125 e. The monoisotopic (exact) mass is 304 g/mol. The molecule has 0 spiro atoms. The van der Waals surface area contributed by atoms with Crippen LogP contribution in [-0.4, -0.2) is 13.3 Å². The van der Waals surface area contributed by atoms with E-state index in [0.29, 0.717) is 6.61 Å². The summed E-state index contributed by atoms with van der Waals surface area (Å²) in [7, 11) is 1.63. The van der Waals surface area contributed by atoms with Gasteiger partial charge in [-0.1, -0.05) is 11.6 Å². The largest absolute Gasteiger partial charge is 0.496 e.